The second kappa shape index (κ2) is 6.69. The molecule has 2 N–H and O–H groups in total. The van der Waals surface area contributed by atoms with Crippen LogP contribution in [0.3, 0.4) is 0 Å². The van der Waals surface area contributed by atoms with E-state index in [1.807, 2.05) is 0 Å². The lowest BCUT2D eigenvalue weighted by atomic mass is 10.2. The highest BCUT2D eigenvalue weighted by molar-refractivity contribution is 7.89. The second-order valence-electron chi connectivity index (χ2n) is 5.25. The number of aryl methyl sites for hydroxylation is 1. The fraction of sp³-hybridized carbons (Fsp3) is 0.286. The summed E-state index contributed by atoms with van der Waals surface area (Å²) in [5, 5.41) is 6.75. The van der Waals surface area contributed by atoms with Crippen LogP contribution in [0.15, 0.2) is 35.4 Å². The largest absolute Gasteiger partial charge is 0.305 e. The summed E-state index contributed by atoms with van der Waals surface area (Å²) in [5.41, 5.74) is 0.0592. The van der Waals surface area contributed by atoms with E-state index in [-0.39, 0.29) is 21.5 Å². The minimum Gasteiger partial charge on any atom is -0.305 e. The predicted octanol–water partition coefficient (Wildman–Crippen LogP) is 2.01. The van der Waals surface area contributed by atoms with Gasteiger partial charge in [-0.15, -0.1) is 0 Å². The summed E-state index contributed by atoms with van der Waals surface area (Å²) in [4.78, 5) is 12.3. The molecule has 2 aromatic rings. The van der Waals surface area contributed by atoms with Crippen LogP contribution in [0.1, 0.15) is 24.2 Å². The van der Waals surface area contributed by atoms with E-state index in [9.17, 15) is 13.2 Å². The van der Waals surface area contributed by atoms with Crippen molar-refractivity contribution in [3.8, 4) is 0 Å². The molecule has 1 aromatic heterocycles. The Morgan fingerprint density at radius 2 is 2.00 bits per heavy atom. The summed E-state index contributed by atoms with van der Waals surface area (Å²) >= 11 is 6.02. The molecular formula is C14H17ClN4O3S. The van der Waals surface area contributed by atoms with Crippen molar-refractivity contribution >= 4 is 33.3 Å². The van der Waals surface area contributed by atoms with Crippen molar-refractivity contribution in [2.24, 2.45) is 7.05 Å². The summed E-state index contributed by atoms with van der Waals surface area (Å²) in [6.45, 7) is 3.42. The van der Waals surface area contributed by atoms with Gasteiger partial charge in [0.2, 0.25) is 10.0 Å². The average molecular weight is 357 g/mol. The zero-order valence-electron chi connectivity index (χ0n) is 12.9. The third kappa shape index (κ3) is 4.31. The Morgan fingerprint density at radius 1 is 1.30 bits per heavy atom. The van der Waals surface area contributed by atoms with Crippen LogP contribution < -0.4 is 10.0 Å². The molecule has 23 heavy (non-hydrogen) atoms. The maximum atomic E-state index is 12.3. The summed E-state index contributed by atoms with van der Waals surface area (Å²) in [5.74, 6) is -0.183. The van der Waals surface area contributed by atoms with Crippen molar-refractivity contribution in [1.29, 1.82) is 0 Å². The van der Waals surface area contributed by atoms with Gasteiger partial charge in [0.05, 0.1) is 15.5 Å². The third-order valence-electron chi connectivity index (χ3n) is 2.84. The van der Waals surface area contributed by atoms with Gasteiger partial charge in [-0.25, -0.2) is 13.1 Å². The number of aromatic nitrogens is 2. The average Bonchev–Trinajstić information content (AvgIpc) is 2.82. The molecule has 1 heterocycles. The van der Waals surface area contributed by atoms with Crippen molar-refractivity contribution in [2.75, 3.05) is 5.32 Å². The molecular weight excluding hydrogens is 340 g/mol. The van der Waals surface area contributed by atoms with Crippen LogP contribution in [0.2, 0.25) is 5.02 Å². The van der Waals surface area contributed by atoms with Gasteiger partial charge in [-0.1, -0.05) is 11.6 Å². The van der Waals surface area contributed by atoms with Gasteiger partial charge in [-0.05, 0) is 32.0 Å². The molecule has 9 heteroatoms. The molecule has 2 rings (SSSR count). The van der Waals surface area contributed by atoms with Crippen LogP contribution in [0.5, 0.6) is 0 Å². The van der Waals surface area contributed by atoms with Gasteiger partial charge >= 0.3 is 0 Å². The number of rotatable bonds is 5. The fourth-order valence-electron chi connectivity index (χ4n) is 1.89. The third-order valence-corrected chi connectivity index (χ3v) is 4.82. The molecule has 0 radical (unpaired) electrons. The minimum atomic E-state index is -3.71. The molecule has 1 aromatic carbocycles. The van der Waals surface area contributed by atoms with Crippen molar-refractivity contribution in [3.05, 3.63) is 41.0 Å². The Labute approximate surface area is 139 Å². The Bertz CT molecular complexity index is 830. The van der Waals surface area contributed by atoms with Crippen LogP contribution in [-0.2, 0) is 17.1 Å². The van der Waals surface area contributed by atoms with Crippen LogP contribution in [0, 0.1) is 0 Å². The van der Waals surface area contributed by atoms with Crippen molar-refractivity contribution < 1.29 is 13.2 Å². The number of nitrogens with zero attached hydrogens (tertiary/aromatic N) is 2. The molecule has 124 valence electrons. The van der Waals surface area contributed by atoms with Crippen molar-refractivity contribution in [3.63, 3.8) is 0 Å². The highest BCUT2D eigenvalue weighted by atomic mass is 35.5. The normalized spacial score (nSPS) is 11.7. The molecule has 0 spiro atoms. The molecule has 0 unspecified atom stereocenters. The van der Waals surface area contributed by atoms with Crippen LogP contribution in [0.25, 0.3) is 0 Å². The first kappa shape index (κ1) is 17.5. The molecule has 0 aliphatic carbocycles. The van der Waals surface area contributed by atoms with Gasteiger partial charge in [0.15, 0.2) is 5.82 Å². The van der Waals surface area contributed by atoms with Crippen LogP contribution in [-0.4, -0.2) is 30.1 Å². The highest BCUT2D eigenvalue weighted by Gasteiger charge is 2.20. The number of carbonyl (C=O) groups is 1. The molecule has 0 aliphatic heterocycles. The van der Waals surface area contributed by atoms with E-state index in [0.717, 1.165) is 0 Å². The van der Waals surface area contributed by atoms with E-state index in [4.69, 9.17) is 11.6 Å². The predicted molar refractivity (Wildman–Crippen MR) is 88.1 cm³/mol. The number of sulfonamides is 1. The Balaban J connectivity index is 2.32. The summed E-state index contributed by atoms with van der Waals surface area (Å²) < 4.78 is 28.4. The number of hydrogen-bond acceptors (Lipinski definition) is 4. The zero-order valence-corrected chi connectivity index (χ0v) is 14.4. The van der Waals surface area contributed by atoms with Gasteiger partial charge < -0.3 is 5.32 Å². The Hall–Kier alpha value is -1.90. The van der Waals surface area contributed by atoms with Gasteiger partial charge in [0.1, 0.15) is 0 Å². The molecule has 7 nitrogen and oxygen atoms in total. The molecule has 0 atom stereocenters. The van der Waals surface area contributed by atoms with Gasteiger partial charge in [-0.2, -0.15) is 5.10 Å². The maximum absolute atomic E-state index is 12.3. The topological polar surface area (TPSA) is 93.1 Å². The highest BCUT2D eigenvalue weighted by Crippen LogP contribution is 2.21. The van der Waals surface area contributed by atoms with Crippen LogP contribution in [0.4, 0.5) is 5.82 Å². The summed E-state index contributed by atoms with van der Waals surface area (Å²) in [7, 11) is -1.99. The summed E-state index contributed by atoms with van der Waals surface area (Å²) in [6, 6.07) is 5.33. The van der Waals surface area contributed by atoms with E-state index >= 15 is 0 Å². The van der Waals surface area contributed by atoms with E-state index in [0.29, 0.717) is 5.82 Å². The lowest BCUT2D eigenvalue weighted by Crippen LogP contribution is -2.30. The Kier molecular flexibility index (Phi) is 5.08. The SMILES string of the molecule is CC(C)NS(=O)(=O)c1ccc(Cl)c(C(=O)Nc2ccn(C)n2)c1. The van der Waals surface area contributed by atoms with E-state index in [1.165, 1.54) is 22.9 Å². The molecule has 0 saturated carbocycles. The standard InChI is InChI=1S/C14H17ClN4O3S/c1-9(2)18-23(21,22)10-4-5-12(15)11(8-10)14(20)16-13-6-7-19(3)17-13/h4-9,18H,1-3H3,(H,16,17,20). The Morgan fingerprint density at radius 3 is 2.57 bits per heavy atom. The quantitative estimate of drug-likeness (QED) is 0.857. The molecule has 1 amide bonds. The first-order valence-corrected chi connectivity index (χ1v) is 8.68. The smallest absolute Gasteiger partial charge is 0.258 e. The zero-order chi connectivity index (χ0) is 17.2. The van der Waals surface area contributed by atoms with Gasteiger partial charge in [-0.3, -0.25) is 9.48 Å². The van der Waals surface area contributed by atoms with E-state index in [2.05, 4.69) is 15.1 Å². The first-order chi connectivity index (χ1) is 10.7. The van der Waals surface area contributed by atoms with Crippen molar-refractivity contribution in [2.45, 2.75) is 24.8 Å². The second-order valence-corrected chi connectivity index (χ2v) is 7.37. The minimum absolute atomic E-state index is 0.0261. The monoisotopic (exact) mass is 356 g/mol. The molecule has 0 fully saturated rings. The first-order valence-electron chi connectivity index (χ1n) is 6.82. The number of anilines is 1. The van der Waals surface area contributed by atoms with Crippen molar-refractivity contribution in [1.82, 2.24) is 14.5 Å². The van der Waals surface area contributed by atoms with Crippen LogP contribution >= 0.6 is 11.6 Å². The molecule has 0 bridgehead atoms. The number of carbonyl (C=O) groups excluding carboxylic acids is 1. The van der Waals surface area contributed by atoms with Gasteiger partial charge in [0, 0.05) is 25.4 Å². The lowest BCUT2D eigenvalue weighted by Gasteiger charge is -2.11. The van der Waals surface area contributed by atoms with E-state index < -0.39 is 15.9 Å². The lowest BCUT2D eigenvalue weighted by molar-refractivity contribution is 0.102. The number of nitrogens with one attached hydrogen (secondary N) is 2. The fourth-order valence-corrected chi connectivity index (χ4v) is 3.37. The number of halogens is 1. The summed E-state index contributed by atoms with van der Waals surface area (Å²) in [6.07, 6.45) is 1.67. The van der Waals surface area contributed by atoms with Gasteiger partial charge in [0.25, 0.3) is 5.91 Å². The molecule has 0 saturated heterocycles. The number of amides is 1. The number of hydrogen-bond donors (Lipinski definition) is 2. The van der Waals surface area contributed by atoms with E-state index in [1.54, 1.807) is 33.2 Å². The number of benzene rings is 1. The maximum Gasteiger partial charge on any atom is 0.258 e. The molecule has 0 aliphatic rings.